The predicted octanol–water partition coefficient (Wildman–Crippen LogP) is 3.65. The number of rotatable bonds is 4. The average Bonchev–Trinajstić information content (AvgIpc) is 2.72. The van der Waals surface area contributed by atoms with E-state index in [1.54, 1.807) is 0 Å². The molecule has 0 aromatic heterocycles. The first-order chi connectivity index (χ1) is 16.7. The number of aliphatic hydroxyl groups excluding tert-OH is 6. The predicted molar refractivity (Wildman–Crippen MR) is 140 cm³/mol. The summed E-state index contributed by atoms with van der Waals surface area (Å²) in [7, 11) is 0. The van der Waals surface area contributed by atoms with Crippen LogP contribution in [0.1, 0.15) is 55.4 Å². The summed E-state index contributed by atoms with van der Waals surface area (Å²) in [5.74, 6) is -1.12. The second kappa shape index (κ2) is 10.1. The largest absolute Gasteiger partial charge is 0.507 e. The molecule has 3 aliphatic carbocycles. The Balaban J connectivity index is 2.09. The fourth-order valence-electron chi connectivity index (χ4n) is 5.55. The maximum Gasteiger partial charge on any atom is 0.207 e. The lowest BCUT2D eigenvalue weighted by atomic mass is 9.71. The summed E-state index contributed by atoms with van der Waals surface area (Å²) < 4.78 is 4.04. The van der Waals surface area contributed by atoms with Crippen LogP contribution in [0.3, 0.4) is 0 Å². The van der Waals surface area contributed by atoms with Gasteiger partial charge in [0.25, 0.3) is 0 Å². The van der Waals surface area contributed by atoms with E-state index >= 15 is 0 Å². The van der Waals surface area contributed by atoms with Gasteiger partial charge in [-0.05, 0) is 55.4 Å². The van der Waals surface area contributed by atoms with Gasteiger partial charge in [0, 0.05) is 11.1 Å². The van der Waals surface area contributed by atoms with Crippen molar-refractivity contribution in [1.82, 2.24) is 0 Å². The summed E-state index contributed by atoms with van der Waals surface area (Å²) in [6.45, 7) is 16.0. The van der Waals surface area contributed by atoms with Crippen molar-refractivity contribution in [1.29, 1.82) is 0 Å². The normalized spacial score (nSPS) is 22.8. The van der Waals surface area contributed by atoms with Crippen molar-refractivity contribution in [3.05, 3.63) is 69.6 Å². The SMILES string of the molecule is CC(C)[N+](=C1C=C(O)C(=C2C(O)C(=C3C(O)=CC(=[N+](C(C)C)C(C)C)C=C3O)C2O)C(O)=C1)C(C)C. The number of hydrogen-bond donors (Lipinski definition) is 6. The van der Waals surface area contributed by atoms with Crippen LogP contribution in [-0.2, 0) is 0 Å². The molecule has 3 aliphatic rings. The standard InChI is InChI=1S/C28H38N2O6/c1-13(2)29(14(3)4)17-9-19(31)23(20(32)10-17)25-27(35)26(28(25)36)24-21(33)11-18(12-22(24)34)30(15(5)6)16(7)8/h9-16,27-28,35-36H,1-8H3,(H2,31,32,33,34)/p+2. The fourth-order valence-corrected chi connectivity index (χ4v) is 5.55. The average molecular weight is 501 g/mol. The Kier molecular flexibility index (Phi) is 7.72. The summed E-state index contributed by atoms with van der Waals surface area (Å²) in [5.41, 5.74) is 1.10. The third kappa shape index (κ3) is 4.67. The number of nitrogens with zero attached hydrogens (tertiary/aromatic N) is 2. The van der Waals surface area contributed by atoms with Crippen LogP contribution in [0.15, 0.2) is 69.6 Å². The van der Waals surface area contributed by atoms with E-state index in [0.29, 0.717) is 11.4 Å². The van der Waals surface area contributed by atoms with E-state index in [1.165, 1.54) is 24.3 Å². The van der Waals surface area contributed by atoms with E-state index in [4.69, 9.17) is 0 Å². The van der Waals surface area contributed by atoms with Crippen LogP contribution in [0.4, 0.5) is 0 Å². The molecule has 1 saturated carbocycles. The molecule has 6 N–H and O–H groups in total. The van der Waals surface area contributed by atoms with Gasteiger partial charge in [0.15, 0.2) is 0 Å². The monoisotopic (exact) mass is 500 g/mol. The molecule has 36 heavy (non-hydrogen) atoms. The van der Waals surface area contributed by atoms with Crippen LogP contribution >= 0.6 is 0 Å². The topological polar surface area (TPSA) is 127 Å². The zero-order valence-electron chi connectivity index (χ0n) is 22.4. The highest BCUT2D eigenvalue weighted by atomic mass is 16.3. The minimum absolute atomic E-state index is 0.000979. The molecule has 3 rings (SSSR count). The summed E-state index contributed by atoms with van der Waals surface area (Å²) in [6.07, 6.45) is 3.15. The molecule has 0 aliphatic heterocycles. The molecule has 8 heteroatoms. The zero-order chi connectivity index (χ0) is 27.2. The second-order valence-corrected chi connectivity index (χ2v) is 10.6. The van der Waals surface area contributed by atoms with Gasteiger partial charge in [-0.2, -0.15) is 0 Å². The van der Waals surface area contributed by atoms with Crippen molar-refractivity contribution in [2.45, 2.75) is 91.8 Å². The molecule has 0 amide bonds. The van der Waals surface area contributed by atoms with E-state index < -0.39 is 12.2 Å². The number of aliphatic hydroxyl groups is 6. The van der Waals surface area contributed by atoms with Crippen LogP contribution in [0.2, 0.25) is 0 Å². The molecule has 0 aromatic carbocycles. The van der Waals surface area contributed by atoms with Gasteiger partial charge in [0.2, 0.25) is 11.4 Å². The Bertz CT molecular complexity index is 1030. The molecule has 196 valence electrons. The highest BCUT2D eigenvalue weighted by Crippen LogP contribution is 2.44. The molecule has 0 radical (unpaired) electrons. The highest BCUT2D eigenvalue weighted by molar-refractivity contribution is 6.04. The van der Waals surface area contributed by atoms with Gasteiger partial charge in [0.1, 0.15) is 59.4 Å². The van der Waals surface area contributed by atoms with Crippen molar-refractivity contribution in [2.75, 3.05) is 0 Å². The van der Waals surface area contributed by atoms with Crippen molar-refractivity contribution < 1.29 is 39.8 Å². The summed E-state index contributed by atoms with van der Waals surface area (Å²) in [6, 6.07) is 0.438. The fraction of sp³-hybridized carbons (Fsp3) is 0.500. The first kappa shape index (κ1) is 27.5. The second-order valence-electron chi connectivity index (χ2n) is 10.6. The Morgan fingerprint density at radius 1 is 0.500 bits per heavy atom. The molecule has 0 spiro atoms. The molecule has 0 unspecified atom stereocenters. The van der Waals surface area contributed by atoms with Crippen LogP contribution < -0.4 is 0 Å². The first-order valence-electron chi connectivity index (χ1n) is 12.5. The highest BCUT2D eigenvalue weighted by Gasteiger charge is 2.47. The van der Waals surface area contributed by atoms with Gasteiger partial charge in [0.05, 0.1) is 35.5 Å². The summed E-state index contributed by atoms with van der Waals surface area (Å²) >= 11 is 0. The van der Waals surface area contributed by atoms with Crippen molar-refractivity contribution in [3.63, 3.8) is 0 Å². The molecule has 0 saturated heterocycles. The summed E-state index contributed by atoms with van der Waals surface area (Å²) in [4.78, 5) is 0. The van der Waals surface area contributed by atoms with Gasteiger partial charge >= 0.3 is 0 Å². The minimum atomic E-state index is -1.41. The lowest BCUT2D eigenvalue weighted by molar-refractivity contribution is -0.586. The number of allylic oxidation sites excluding steroid dienone is 4. The van der Waals surface area contributed by atoms with Crippen LogP contribution in [0, 0.1) is 0 Å². The van der Waals surface area contributed by atoms with E-state index in [2.05, 4.69) is 0 Å². The molecule has 0 bridgehead atoms. The number of hydrogen-bond acceptors (Lipinski definition) is 6. The Morgan fingerprint density at radius 2 is 0.722 bits per heavy atom. The molecular weight excluding hydrogens is 460 g/mol. The molecule has 1 fully saturated rings. The molecule has 0 aromatic rings. The maximum absolute atomic E-state index is 11.0. The van der Waals surface area contributed by atoms with Crippen molar-refractivity contribution >= 4 is 11.4 Å². The lowest BCUT2D eigenvalue weighted by Crippen LogP contribution is -2.44. The summed E-state index contributed by atoms with van der Waals surface area (Å²) in [5, 5.41) is 65.0. The molecule has 0 heterocycles. The van der Waals surface area contributed by atoms with Gasteiger partial charge in [-0.25, -0.2) is 9.15 Å². The van der Waals surface area contributed by atoms with Crippen molar-refractivity contribution in [2.24, 2.45) is 0 Å². The van der Waals surface area contributed by atoms with Gasteiger partial charge in [-0.3, -0.25) is 0 Å². The van der Waals surface area contributed by atoms with Crippen molar-refractivity contribution in [3.8, 4) is 0 Å². The van der Waals surface area contributed by atoms with Crippen LogP contribution in [0.25, 0.3) is 0 Å². The zero-order valence-corrected chi connectivity index (χ0v) is 22.4. The van der Waals surface area contributed by atoms with E-state index in [0.717, 1.165) is 0 Å². The molecule has 8 nitrogen and oxygen atoms in total. The van der Waals surface area contributed by atoms with E-state index in [1.807, 2.05) is 64.5 Å². The first-order valence-corrected chi connectivity index (χ1v) is 12.5. The Hall–Kier alpha value is -3.10. The van der Waals surface area contributed by atoms with Gasteiger partial charge in [-0.15, -0.1) is 0 Å². The van der Waals surface area contributed by atoms with E-state index in [-0.39, 0.29) is 69.5 Å². The molecular formula is C28H40N2O6+2. The quantitative estimate of drug-likeness (QED) is 0.327. The lowest BCUT2D eigenvalue weighted by Gasteiger charge is -2.39. The third-order valence-electron chi connectivity index (χ3n) is 6.74. The smallest absolute Gasteiger partial charge is 0.207 e. The minimum Gasteiger partial charge on any atom is -0.507 e. The third-order valence-corrected chi connectivity index (χ3v) is 6.74. The van der Waals surface area contributed by atoms with Crippen LogP contribution in [0.5, 0.6) is 0 Å². The van der Waals surface area contributed by atoms with Crippen LogP contribution in [-0.4, -0.2) is 87.6 Å². The Labute approximate surface area is 212 Å². The maximum atomic E-state index is 11.0. The molecule has 0 atom stereocenters. The Morgan fingerprint density at radius 3 is 0.917 bits per heavy atom. The van der Waals surface area contributed by atoms with Gasteiger partial charge < -0.3 is 30.6 Å². The van der Waals surface area contributed by atoms with E-state index in [9.17, 15) is 30.6 Å². The van der Waals surface area contributed by atoms with Gasteiger partial charge in [-0.1, -0.05) is 0 Å².